The summed E-state index contributed by atoms with van der Waals surface area (Å²) in [5, 5.41) is 3.69. The van der Waals surface area contributed by atoms with Crippen LogP contribution in [-0.2, 0) is 12.8 Å². The minimum atomic E-state index is 0.480. The second kappa shape index (κ2) is 5.84. The molecule has 19 heavy (non-hydrogen) atoms. The van der Waals surface area contributed by atoms with Crippen molar-refractivity contribution in [2.75, 3.05) is 13.7 Å². The summed E-state index contributed by atoms with van der Waals surface area (Å²) in [4.78, 5) is 0. The molecule has 1 N–H and O–H groups in total. The van der Waals surface area contributed by atoms with E-state index >= 15 is 0 Å². The molecule has 1 heterocycles. The Balaban J connectivity index is 2.09. The molecule has 1 aromatic rings. The predicted molar refractivity (Wildman–Crippen MR) is 81.9 cm³/mol. The molecule has 1 aliphatic heterocycles. The quantitative estimate of drug-likeness (QED) is 0.882. The van der Waals surface area contributed by atoms with Gasteiger partial charge in [-0.1, -0.05) is 6.42 Å². The van der Waals surface area contributed by atoms with E-state index in [1.54, 1.807) is 12.7 Å². The maximum atomic E-state index is 5.71. The van der Waals surface area contributed by atoms with Gasteiger partial charge in [0.15, 0.2) is 0 Å². The smallest absolute Gasteiger partial charge is 0.138 e. The largest absolute Gasteiger partial charge is 0.495 e. The van der Waals surface area contributed by atoms with E-state index in [1.165, 1.54) is 56.1 Å². The van der Waals surface area contributed by atoms with Crippen LogP contribution in [-0.4, -0.2) is 13.7 Å². The summed E-state index contributed by atoms with van der Waals surface area (Å²) in [6.07, 6.45) is 8.93. The predicted octanol–water partition coefficient (Wildman–Crippen LogP) is 4.15. The van der Waals surface area contributed by atoms with E-state index in [4.69, 9.17) is 4.74 Å². The van der Waals surface area contributed by atoms with Gasteiger partial charge in [0.2, 0.25) is 0 Å². The zero-order valence-corrected chi connectivity index (χ0v) is 13.2. The van der Waals surface area contributed by atoms with Gasteiger partial charge in [-0.25, -0.2) is 0 Å². The first-order chi connectivity index (χ1) is 9.31. The highest BCUT2D eigenvalue weighted by atomic mass is 79.9. The molecule has 104 valence electrons. The van der Waals surface area contributed by atoms with Crippen LogP contribution >= 0.6 is 15.9 Å². The van der Waals surface area contributed by atoms with Gasteiger partial charge in [0.25, 0.3) is 0 Å². The summed E-state index contributed by atoms with van der Waals surface area (Å²) in [6.45, 7) is 1.13. The molecule has 3 heteroatoms. The molecular weight excluding hydrogens is 302 g/mol. The van der Waals surface area contributed by atoms with E-state index in [1.807, 2.05) is 0 Å². The average molecular weight is 324 g/mol. The number of piperidine rings is 1. The molecule has 2 aliphatic rings. The van der Waals surface area contributed by atoms with Crippen LogP contribution in [0.25, 0.3) is 0 Å². The number of halogens is 1. The normalized spacial score (nSPS) is 22.9. The first-order valence-corrected chi connectivity index (χ1v) is 8.22. The van der Waals surface area contributed by atoms with Gasteiger partial charge >= 0.3 is 0 Å². The second-order valence-electron chi connectivity index (χ2n) is 5.65. The fraction of sp³-hybridized carbons (Fsp3) is 0.625. The van der Waals surface area contributed by atoms with Gasteiger partial charge in [-0.3, -0.25) is 0 Å². The van der Waals surface area contributed by atoms with Gasteiger partial charge in [0.1, 0.15) is 5.75 Å². The topological polar surface area (TPSA) is 21.3 Å². The molecule has 1 aromatic carbocycles. The van der Waals surface area contributed by atoms with E-state index in [2.05, 4.69) is 27.3 Å². The minimum Gasteiger partial charge on any atom is -0.495 e. The van der Waals surface area contributed by atoms with Crippen molar-refractivity contribution >= 4 is 15.9 Å². The lowest BCUT2D eigenvalue weighted by atomic mass is 9.83. The van der Waals surface area contributed by atoms with Crippen LogP contribution in [0.3, 0.4) is 0 Å². The Morgan fingerprint density at radius 1 is 1.21 bits per heavy atom. The molecule has 1 fully saturated rings. The van der Waals surface area contributed by atoms with Crippen molar-refractivity contribution in [3.63, 3.8) is 0 Å². The number of aryl methyl sites for hydroxylation is 1. The number of ether oxygens (including phenoxy) is 1. The van der Waals surface area contributed by atoms with E-state index in [0.717, 1.165) is 16.8 Å². The minimum absolute atomic E-state index is 0.480. The number of hydrogen-bond donors (Lipinski definition) is 1. The third-order valence-electron chi connectivity index (χ3n) is 4.46. The standard InChI is InChI=1S/C16H22BrNO/c1-19-16-13(17)10-11-6-2-3-7-12(11)15(16)14-8-4-5-9-18-14/h10,14,18H,2-9H2,1H3. The van der Waals surface area contributed by atoms with Crippen molar-refractivity contribution in [2.24, 2.45) is 0 Å². The van der Waals surface area contributed by atoms with Crippen molar-refractivity contribution in [3.05, 3.63) is 27.2 Å². The lowest BCUT2D eigenvalue weighted by Crippen LogP contribution is -2.29. The van der Waals surface area contributed by atoms with Crippen molar-refractivity contribution in [1.82, 2.24) is 5.32 Å². The molecule has 0 saturated carbocycles. The molecule has 2 nitrogen and oxygen atoms in total. The van der Waals surface area contributed by atoms with Crippen LogP contribution in [0.1, 0.15) is 54.8 Å². The van der Waals surface area contributed by atoms with Crippen molar-refractivity contribution in [1.29, 1.82) is 0 Å². The van der Waals surface area contributed by atoms with Gasteiger partial charge in [-0.15, -0.1) is 0 Å². The van der Waals surface area contributed by atoms with E-state index in [9.17, 15) is 0 Å². The summed E-state index contributed by atoms with van der Waals surface area (Å²) in [6, 6.07) is 2.76. The second-order valence-corrected chi connectivity index (χ2v) is 6.51. The summed E-state index contributed by atoms with van der Waals surface area (Å²) in [7, 11) is 1.79. The molecule has 0 bridgehead atoms. The van der Waals surface area contributed by atoms with E-state index in [-0.39, 0.29) is 0 Å². The molecule has 0 spiro atoms. The number of hydrogen-bond acceptors (Lipinski definition) is 2. The number of rotatable bonds is 2. The fourth-order valence-electron chi connectivity index (χ4n) is 3.55. The summed E-state index contributed by atoms with van der Waals surface area (Å²) < 4.78 is 6.83. The van der Waals surface area contributed by atoms with Gasteiger partial charge in [0, 0.05) is 11.6 Å². The highest BCUT2D eigenvalue weighted by Crippen LogP contribution is 2.42. The molecule has 0 amide bonds. The van der Waals surface area contributed by atoms with Crippen molar-refractivity contribution in [2.45, 2.75) is 51.0 Å². The van der Waals surface area contributed by atoms with Crippen molar-refractivity contribution < 1.29 is 4.74 Å². The van der Waals surface area contributed by atoms with Gasteiger partial charge < -0.3 is 10.1 Å². The van der Waals surface area contributed by atoms with Crippen molar-refractivity contribution in [3.8, 4) is 5.75 Å². The molecule has 1 unspecified atom stereocenters. The molecule has 1 saturated heterocycles. The molecular formula is C16H22BrNO. The van der Waals surface area contributed by atoms with Gasteiger partial charge in [-0.2, -0.15) is 0 Å². The van der Waals surface area contributed by atoms with E-state index < -0.39 is 0 Å². The number of benzene rings is 1. The van der Waals surface area contributed by atoms with Crippen LogP contribution in [0.2, 0.25) is 0 Å². The third-order valence-corrected chi connectivity index (χ3v) is 5.05. The lowest BCUT2D eigenvalue weighted by molar-refractivity contribution is 0.368. The number of methoxy groups -OCH3 is 1. The zero-order chi connectivity index (χ0) is 13.2. The molecule has 0 aromatic heterocycles. The SMILES string of the molecule is COc1c(Br)cc2c(c1C1CCCCN1)CCCC2. The highest BCUT2D eigenvalue weighted by molar-refractivity contribution is 9.10. The Kier molecular flexibility index (Phi) is 4.13. The Morgan fingerprint density at radius 2 is 2.05 bits per heavy atom. The maximum Gasteiger partial charge on any atom is 0.138 e. The van der Waals surface area contributed by atoms with Gasteiger partial charge in [-0.05, 0) is 78.2 Å². The first-order valence-electron chi connectivity index (χ1n) is 7.42. The van der Waals surface area contributed by atoms with Crippen LogP contribution < -0.4 is 10.1 Å². The lowest BCUT2D eigenvalue weighted by Gasteiger charge is -2.31. The van der Waals surface area contributed by atoms with Crippen LogP contribution in [0.4, 0.5) is 0 Å². The molecule has 1 atom stereocenters. The number of nitrogens with one attached hydrogen (secondary N) is 1. The summed E-state index contributed by atoms with van der Waals surface area (Å²) in [5.41, 5.74) is 4.53. The molecule has 0 radical (unpaired) electrons. The Morgan fingerprint density at radius 3 is 2.79 bits per heavy atom. The summed E-state index contributed by atoms with van der Waals surface area (Å²) in [5.74, 6) is 1.06. The molecule has 3 rings (SSSR count). The average Bonchev–Trinajstić information content (AvgIpc) is 2.46. The first kappa shape index (κ1) is 13.4. The van der Waals surface area contributed by atoms with Crippen LogP contribution in [0.5, 0.6) is 5.75 Å². The monoisotopic (exact) mass is 323 g/mol. The Bertz CT molecular complexity index is 466. The van der Waals surface area contributed by atoms with Crippen LogP contribution in [0.15, 0.2) is 10.5 Å². The van der Waals surface area contributed by atoms with E-state index in [0.29, 0.717) is 6.04 Å². The van der Waals surface area contributed by atoms with Gasteiger partial charge in [0.05, 0.1) is 11.6 Å². The molecule has 1 aliphatic carbocycles. The zero-order valence-electron chi connectivity index (χ0n) is 11.6. The Labute approximate surface area is 124 Å². The Hall–Kier alpha value is -0.540. The maximum absolute atomic E-state index is 5.71. The third kappa shape index (κ3) is 2.55. The summed E-state index contributed by atoms with van der Waals surface area (Å²) >= 11 is 3.70. The number of fused-ring (bicyclic) bond motifs is 1. The van der Waals surface area contributed by atoms with Crippen LogP contribution in [0, 0.1) is 0 Å². The highest BCUT2D eigenvalue weighted by Gasteiger charge is 2.26. The fourth-order valence-corrected chi connectivity index (χ4v) is 4.21.